The van der Waals surface area contributed by atoms with Gasteiger partial charge in [0, 0.05) is 43.7 Å². The lowest BCUT2D eigenvalue weighted by Crippen LogP contribution is -2.51. The molecule has 7 heteroatoms. The number of anilines is 1. The number of rotatable bonds is 5. The number of thiazole rings is 1. The van der Waals surface area contributed by atoms with Crippen LogP contribution in [0.2, 0.25) is 0 Å². The van der Waals surface area contributed by atoms with Crippen LogP contribution in [-0.4, -0.2) is 60.0 Å². The van der Waals surface area contributed by atoms with E-state index < -0.39 is 0 Å². The summed E-state index contributed by atoms with van der Waals surface area (Å²) >= 11 is 1.43. The second kappa shape index (κ2) is 8.03. The smallest absolute Gasteiger partial charge is 0.243 e. The van der Waals surface area contributed by atoms with Gasteiger partial charge in [-0.25, -0.2) is 9.37 Å². The fraction of sp³-hybridized carbons (Fsp3) is 0.444. The standard InChI is InChI=1S/C18H23FN4OS/c1-13(23-8-6-22(2)7-9-23)17(24)21-18-20-12-16(25-18)11-14-4-3-5-15(19)10-14/h3-5,10,12-13H,6-9,11H2,1-2H3,(H,20,21,24). The van der Waals surface area contributed by atoms with E-state index >= 15 is 0 Å². The highest BCUT2D eigenvalue weighted by molar-refractivity contribution is 7.15. The summed E-state index contributed by atoms with van der Waals surface area (Å²) in [6.07, 6.45) is 2.35. The molecule has 1 fully saturated rings. The Morgan fingerprint density at radius 2 is 2.12 bits per heavy atom. The number of benzene rings is 1. The Bertz CT molecular complexity index is 727. The number of aromatic nitrogens is 1. The molecule has 1 atom stereocenters. The number of nitrogens with one attached hydrogen (secondary N) is 1. The number of piperazine rings is 1. The quantitative estimate of drug-likeness (QED) is 0.888. The Hall–Kier alpha value is -1.83. The van der Waals surface area contributed by atoms with Crippen molar-refractivity contribution >= 4 is 22.4 Å². The summed E-state index contributed by atoms with van der Waals surface area (Å²) in [4.78, 5) is 22.2. The van der Waals surface area contributed by atoms with Crippen LogP contribution >= 0.6 is 11.3 Å². The first-order valence-electron chi connectivity index (χ1n) is 8.44. The van der Waals surface area contributed by atoms with Crippen molar-refractivity contribution in [3.05, 3.63) is 46.7 Å². The molecule has 1 saturated heterocycles. The number of likely N-dealkylation sites (N-methyl/N-ethyl adjacent to an activating group) is 1. The second-order valence-electron chi connectivity index (χ2n) is 6.44. The molecule has 1 aromatic heterocycles. The van der Waals surface area contributed by atoms with Crippen LogP contribution in [0.25, 0.3) is 0 Å². The van der Waals surface area contributed by atoms with Gasteiger partial charge in [0.05, 0.1) is 6.04 Å². The summed E-state index contributed by atoms with van der Waals surface area (Å²) in [7, 11) is 2.10. The Balaban J connectivity index is 1.56. The minimum absolute atomic E-state index is 0.0313. The van der Waals surface area contributed by atoms with Crippen LogP contribution in [0.1, 0.15) is 17.4 Å². The molecule has 0 aliphatic carbocycles. The molecule has 134 valence electrons. The van der Waals surface area contributed by atoms with Crippen molar-refractivity contribution in [2.24, 2.45) is 0 Å². The number of amides is 1. The summed E-state index contributed by atoms with van der Waals surface area (Å²) in [6.45, 7) is 5.68. The number of carbonyl (C=O) groups excluding carboxylic acids is 1. The minimum atomic E-state index is -0.239. The number of hydrogen-bond donors (Lipinski definition) is 1. The van der Waals surface area contributed by atoms with Gasteiger partial charge in [-0.1, -0.05) is 12.1 Å². The number of halogens is 1. The van der Waals surface area contributed by atoms with Gasteiger partial charge in [0.2, 0.25) is 5.91 Å². The average Bonchev–Trinajstić information content (AvgIpc) is 3.01. The lowest BCUT2D eigenvalue weighted by molar-refractivity contribution is -0.121. The second-order valence-corrected chi connectivity index (χ2v) is 7.56. The summed E-state index contributed by atoms with van der Waals surface area (Å²) < 4.78 is 13.3. The van der Waals surface area contributed by atoms with Crippen molar-refractivity contribution in [3.63, 3.8) is 0 Å². The topological polar surface area (TPSA) is 48.5 Å². The van der Waals surface area contributed by atoms with Gasteiger partial charge in [-0.2, -0.15) is 0 Å². The third kappa shape index (κ3) is 4.84. The van der Waals surface area contributed by atoms with Crippen LogP contribution in [0.4, 0.5) is 9.52 Å². The van der Waals surface area contributed by atoms with Gasteiger partial charge in [0.25, 0.3) is 0 Å². The lowest BCUT2D eigenvalue weighted by atomic mass is 10.1. The fourth-order valence-corrected chi connectivity index (χ4v) is 3.73. The zero-order chi connectivity index (χ0) is 17.8. The largest absolute Gasteiger partial charge is 0.304 e. The molecule has 1 amide bonds. The van der Waals surface area contributed by atoms with Gasteiger partial charge in [-0.05, 0) is 31.7 Å². The Morgan fingerprint density at radius 1 is 1.36 bits per heavy atom. The summed E-state index contributed by atoms with van der Waals surface area (Å²) in [6, 6.07) is 6.36. The predicted molar refractivity (Wildman–Crippen MR) is 98.5 cm³/mol. The molecule has 3 rings (SSSR count). The van der Waals surface area contributed by atoms with E-state index in [9.17, 15) is 9.18 Å². The molecule has 1 unspecified atom stereocenters. The Labute approximate surface area is 151 Å². The predicted octanol–water partition coefficient (Wildman–Crippen LogP) is 2.45. The molecular formula is C18H23FN4OS. The van der Waals surface area contributed by atoms with Gasteiger partial charge >= 0.3 is 0 Å². The summed E-state index contributed by atoms with van der Waals surface area (Å²) in [5, 5.41) is 3.50. The summed E-state index contributed by atoms with van der Waals surface area (Å²) in [5.41, 5.74) is 0.896. The van der Waals surface area contributed by atoms with Crippen LogP contribution in [0.5, 0.6) is 0 Å². The van der Waals surface area contributed by atoms with Gasteiger partial charge in [-0.3, -0.25) is 9.69 Å². The van der Waals surface area contributed by atoms with E-state index in [-0.39, 0.29) is 17.8 Å². The SMILES string of the molecule is CC(C(=O)Nc1ncc(Cc2cccc(F)c2)s1)N1CCN(C)CC1. The van der Waals surface area contributed by atoms with Crippen LogP contribution in [0.15, 0.2) is 30.5 Å². The molecule has 1 aliphatic heterocycles. The highest BCUT2D eigenvalue weighted by Crippen LogP contribution is 2.22. The number of carbonyl (C=O) groups is 1. The number of hydrogen-bond acceptors (Lipinski definition) is 5. The first-order valence-corrected chi connectivity index (χ1v) is 9.25. The molecule has 25 heavy (non-hydrogen) atoms. The first kappa shape index (κ1) is 18.0. The van der Waals surface area contributed by atoms with E-state index in [1.54, 1.807) is 12.3 Å². The maximum atomic E-state index is 13.3. The molecule has 0 bridgehead atoms. The monoisotopic (exact) mass is 362 g/mol. The molecule has 2 aromatic rings. The molecule has 5 nitrogen and oxygen atoms in total. The van der Waals surface area contributed by atoms with E-state index in [0.29, 0.717) is 11.6 Å². The average molecular weight is 362 g/mol. The summed E-state index contributed by atoms with van der Waals surface area (Å²) in [5.74, 6) is -0.271. The third-order valence-corrected chi connectivity index (χ3v) is 5.43. The number of nitrogens with zero attached hydrogens (tertiary/aromatic N) is 3. The van der Waals surface area contributed by atoms with Crippen LogP contribution in [0, 0.1) is 5.82 Å². The van der Waals surface area contributed by atoms with Gasteiger partial charge in [0.15, 0.2) is 5.13 Å². The molecule has 1 aromatic carbocycles. The van der Waals surface area contributed by atoms with Gasteiger partial charge in [0.1, 0.15) is 5.82 Å². The first-order chi connectivity index (χ1) is 12.0. The lowest BCUT2D eigenvalue weighted by Gasteiger charge is -2.35. The van der Waals surface area contributed by atoms with E-state index in [2.05, 4.69) is 27.1 Å². The van der Waals surface area contributed by atoms with Gasteiger partial charge < -0.3 is 10.2 Å². The van der Waals surface area contributed by atoms with E-state index in [4.69, 9.17) is 0 Å². The molecule has 1 N–H and O–H groups in total. The van der Waals surface area contributed by atoms with Crippen LogP contribution in [-0.2, 0) is 11.2 Å². The normalized spacial score (nSPS) is 17.4. The maximum Gasteiger partial charge on any atom is 0.243 e. The Morgan fingerprint density at radius 3 is 2.84 bits per heavy atom. The van der Waals surface area contributed by atoms with Crippen molar-refractivity contribution in [1.82, 2.24) is 14.8 Å². The van der Waals surface area contributed by atoms with Crippen LogP contribution in [0.3, 0.4) is 0 Å². The van der Waals surface area contributed by atoms with Gasteiger partial charge in [-0.15, -0.1) is 11.3 Å². The zero-order valence-electron chi connectivity index (χ0n) is 14.5. The van der Waals surface area contributed by atoms with E-state index in [1.807, 2.05) is 13.0 Å². The third-order valence-electron chi connectivity index (χ3n) is 4.52. The van der Waals surface area contributed by atoms with Crippen molar-refractivity contribution in [1.29, 1.82) is 0 Å². The molecule has 1 aliphatic rings. The zero-order valence-corrected chi connectivity index (χ0v) is 15.4. The molecule has 2 heterocycles. The highest BCUT2D eigenvalue weighted by atomic mass is 32.1. The maximum absolute atomic E-state index is 13.3. The highest BCUT2D eigenvalue weighted by Gasteiger charge is 2.24. The van der Waals surface area contributed by atoms with Crippen molar-refractivity contribution in [2.75, 3.05) is 38.5 Å². The van der Waals surface area contributed by atoms with Crippen molar-refractivity contribution in [3.8, 4) is 0 Å². The molecule has 0 radical (unpaired) electrons. The van der Waals surface area contributed by atoms with Crippen LogP contribution < -0.4 is 5.32 Å². The molecule has 0 saturated carbocycles. The Kier molecular flexibility index (Phi) is 5.78. The van der Waals surface area contributed by atoms with Crippen molar-refractivity contribution < 1.29 is 9.18 Å². The fourth-order valence-electron chi connectivity index (χ4n) is 2.88. The molecular weight excluding hydrogens is 339 g/mol. The van der Waals surface area contributed by atoms with E-state index in [1.165, 1.54) is 23.5 Å². The minimum Gasteiger partial charge on any atom is -0.304 e. The molecule has 0 spiro atoms. The van der Waals surface area contributed by atoms with E-state index in [0.717, 1.165) is 36.6 Å². The van der Waals surface area contributed by atoms with Crippen molar-refractivity contribution in [2.45, 2.75) is 19.4 Å².